The number of hydrogen-bond donors (Lipinski definition) is 2. The van der Waals surface area contributed by atoms with E-state index in [-0.39, 0.29) is 64.3 Å². The van der Waals surface area contributed by atoms with E-state index in [9.17, 15) is 19.5 Å². The van der Waals surface area contributed by atoms with E-state index < -0.39 is 40.7 Å². The first kappa shape index (κ1) is 34.4. The number of fused-ring (bicyclic) bond motifs is 1. The maximum absolute atomic E-state index is 14.4. The van der Waals surface area contributed by atoms with Crippen LogP contribution in [0.4, 0.5) is 0 Å². The van der Waals surface area contributed by atoms with Crippen molar-refractivity contribution in [1.29, 1.82) is 0 Å². The van der Waals surface area contributed by atoms with E-state index in [1.165, 1.54) is 41.6 Å². The fourth-order valence-corrected chi connectivity index (χ4v) is 6.63. The molecule has 3 unspecified atom stereocenters. The summed E-state index contributed by atoms with van der Waals surface area (Å²) in [7, 11) is 7.11. The molecule has 0 bridgehead atoms. The second-order valence-electron chi connectivity index (χ2n) is 11.4. The normalized spacial score (nSPS) is 19.0. The summed E-state index contributed by atoms with van der Waals surface area (Å²) >= 11 is 6.61. The molecule has 2 N–H and O–H groups in total. The highest BCUT2D eigenvalue weighted by atomic mass is 35.5. The molecule has 12 nitrogen and oxygen atoms in total. The Morgan fingerprint density at radius 2 is 1.69 bits per heavy atom. The number of allylic oxidation sites excluding steroid dienone is 1. The SMILES string of the molecule is COc1cc(OC)c2c(c1Cl)OC1(C2=O)C(O)=C(C(CC(=O)NCCc2ccccn2)c2cc(OC)c(OC)c(OC)c2)C(=O)CC1C. The first-order valence-corrected chi connectivity index (χ1v) is 15.5. The zero-order chi connectivity index (χ0) is 34.7. The van der Waals surface area contributed by atoms with Gasteiger partial charge in [-0.3, -0.25) is 19.4 Å². The maximum atomic E-state index is 14.4. The fourth-order valence-electron chi connectivity index (χ4n) is 6.36. The quantitative estimate of drug-likeness (QED) is 0.265. The summed E-state index contributed by atoms with van der Waals surface area (Å²) < 4.78 is 33.8. The highest BCUT2D eigenvalue weighted by Crippen LogP contribution is 2.56. The molecule has 0 radical (unpaired) electrons. The lowest BCUT2D eigenvalue weighted by molar-refractivity contribution is -0.121. The Morgan fingerprint density at radius 3 is 2.27 bits per heavy atom. The van der Waals surface area contributed by atoms with E-state index in [1.54, 1.807) is 31.3 Å². The summed E-state index contributed by atoms with van der Waals surface area (Å²) in [4.78, 5) is 46.2. The summed E-state index contributed by atoms with van der Waals surface area (Å²) in [5.74, 6) is -2.94. The topological polar surface area (TPSA) is 152 Å². The molecule has 0 saturated carbocycles. The number of rotatable bonds is 12. The van der Waals surface area contributed by atoms with Crippen LogP contribution in [0.3, 0.4) is 0 Å². The molecule has 254 valence electrons. The third-order valence-electron chi connectivity index (χ3n) is 8.77. The number of benzene rings is 2. The Kier molecular flexibility index (Phi) is 10.0. The highest BCUT2D eigenvalue weighted by Gasteiger charge is 2.61. The predicted octanol–water partition coefficient (Wildman–Crippen LogP) is 5.05. The lowest BCUT2D eigenvalue weighted by Gasteiger charge is -2.38. The summed E-state index contributed by atoms with van der Waals surface area (Å²) in [6.45, 7) is 1.90. The molecule has 1 aliphatic carbocycles. The lowest BCUT2D eigenvalue weighted by atomic mass is 9.69. The number of Topliss-reactive ketones (excluding diaryl/α,β-unsaturated/α-hetero) is 2. The van der Waals surface area contributed by atoms with Crippen molar-refractivity contribution < 1.29 is 47.9 Å². The Morgan fingerprint density at radius 1 is 1.02 bits per heavy atom. The molecule has 3 atom stereocenters. The summed E-state index contributed by atoms with van der Waals surface area (Å²) in [5, 5.41) is 15.1. The Bertz CT molecular complexity index is 1750. The molecule has 13 heteroatoms. The monoisotopic (exact) mass is 680 g/mol. The molecule has 2 heterocycles. The van der Waals surface area contributed by atoms with Crippen LogP contribution < -0.4 is 33.7 Å². The second-order valence-corrected chi connectivity index (χ2v) is 11.8. The second kappa shape index (κ2) is 14.0. The van der Waals surface area contributed by atoms with Gasteiger partial charge in [0, 0.05) is 61.2 Å². The van der Waals surface area contributed by atoms with Gasteiger partial charge in [-0.1, -0.05) is 24.6 Å². The Hall–Kier alpha value is -4.97. The molecule has 48 heavy (non-hydrogen) atoms. The number of nitrogens with zero attached hydrogens (tertiary/aromatic N) is 1. The van der Waals surface area contributed by atoms with Crippen LogP contribution in [0.15, 0.2) is 53.9 Å². The fraction of sp³-hybridized carbons (Fsp3) is 0.371. The van der Waals surface area contributed by atoms with Gasteiger partial charge in [0.15, 0.2) is 28.8 Å². The lowest BCUT2D eigenvalue weighted by Crippen LogP contribution is -2.53. The molecule has 1 aliphatic heterocycles. The summed E-state index contributed by atoms with van der Waals surface area (Å²) in [6.07, 6.45) is 1.68. The Labute approximate surface area is 282 Å². The van der Waals surface area contributed by atoms with Gasteiger partial charge in [-0.05, 0) is 29.8 Å². The first-order valence-electron chi connectivity index (χ1n) is 15.2. The average molecular weight is 681 g/mol. The number of hydrogen-bond acceptors (Lipinski definition) is 11. The van der Waals surface area contributed by atoms with Crippen molar-refractivity contribution in [2.45, 2.75) is 37.7 Å². The zero-order valence-electron chi connectivity index (χ0n) is 27.5. The number of methoxy groups -OCH3 is 5. The molecule has 1 amide bonds. The van der Waals surface area contributed by atoms with E-state index in [2.05, 4.69) is 10.3 Å². The van der Waals surface area contributed by atoms with Crippen molar-refractivity contribution in [3.8, 4) is 34.5 Å². The van der Waals surface area contributed by atoms with Crippen LogP contribution >= 0.6 is 11.6 Å². The molecule has 0 saturated heterocycles. The number of nitrogens with one attached hydrogen (secondary N) is 1. The molecule has 3 aromatic rings. The third kappa shape index (κ3) is 5.85. The number of carbonyl (C=O) groups is 3. The number of amides is 1. The summed E-state index contributed by atoms with van der Waals surface area (Å²) in [5.41, 5.74) is -1.01. The molecular formula is C35H37ClN2O10. The van der Waals surface area contributed by atoms with Crippen LogP contribution in [0.25, 0.3) is 0 Å². The molecule has 2 aromatic carbocycles. The van der Waals surface area contributed by atoms with Crippen molar-refractivity contribution in [2.24, 2.45) is 5.92 Å². The minimum absolute atomic E-state index is 0.00503. The van der Waals surface area contributed by atoms with Gasteiger partial charge in [0.25, 0.3) is 0 Å². The zero-order valence-corrected chi connectivity index (χ0v) is 28.2. The maximum Gasteiger partial charge on any atom is 0.231 e. The minimum atomic E-state index is -2.04. The van der Waals surface area contributed by atoms with E-state index >= 15 is 0 Å². The first-order chi connectivity index (χ1) is 23.1. The van der Waals surface area contributed by atoms with Crippen molar-refractivity contribution in [1.82, 2.24) is 10.3 Å². The third-order valence-corrected chi connectivity index (χ3v) is 9.13. The van der Waals surface area contributed by atoms with Gasteiger partial charge in [-0.2, -0.15) is 0 Å². The van der Waals surface area contributed by atoms with E-state index in [0.717, 1.165) is 5.69 Å². The van der Waals surface area contributed by atoms with E-state index in [4.69, 9.17) is 40.0 Å². The smallest absolute Gasteiger partial charge is 0.231 e. The predicted molar refractivity (Wildman–Crippen MR) is 175 cm³/mol. The number of ether oxygens (including phenoxy) is 6. The number of halogens is 1. The molecule has 0 fully saturated rings. The van der Waals surface area contributed by atoms with Gasteiger partial charge in [0.2, 0.25) is 23.0 Å². The number of aliphatic hydroxyl groups excluding tert-OH is 1. The molecule has 5 rings (SSSR count). The van der Waals surface area contributed by atoms with Crippen molar-refractivity contribution in [3.05, 3.63) is 75.8 Å². The molecule has 1 spiro atoms. The Balaban J connectivity index is 1.64. The number of pyridine rings is 1. The van der Waals surface area contributed by atoms with Crippen LogP contribution in [0.5, 0.6) is 34.5 Å². The average Bonchev–Trinajstić information content (AvgIpc) is 3.41. The van der Waals surface area contributed by atoms with Gasteiger partial charge in [0.05, 0.1) is 35.5 Å². The van der Waals surface area contributed by atoms with E-state index in [0.29, 0.717) is 17.7 Å². The number of aromatic nitrogens is 1. The van der Waals surface area contributed by atoms with Gasteiger partial charge in [-0.25, -0.2) is 0 Å². The van der Waals surface area contributed by atoms with Crippen LogP contribution in [-0.2, 0) is 16.0 Å². The number of ketones is 2. The standard InChI is InChI=1S/C35H37ClN2O10/c1-18-13-22(39)28(33(41)35(18)34(42)29-23(43-2)17-24(44-3)30(36)32(29)48-35)21(16-27(40)38-12-10-20-9-7-8-11-37-20)19-14-25(45-4)31(47-6)26(15-19)46-5/h7-9,11,14-15,17-18,21,41H,10,12-13,16H2,1-6H3,(H,38,40). The van der Waals surface area contributed by atoms with Crippen LogP contribution in [0.1, 0.15) is 47.3 Å². The highest BCUT2D eigenvalue weighted by molar-refractivity contribution is 6.35. The number of carbonyl (C=O) groups excluding carboxylic acids is 3. The van der Waals surface area contributed by atoms with Gasteiger partial charge in [-0.15, -0.1) is 0 Å². The van der Waals surface area contributed by atoms with Gasteiger partial charge in [0.1, 0.15) is 22.1 Å². The molecule has 1 aromatic heterocycles. The van der Waals surface area contributed by atoms with Gasteiger partial charge < -0.3 is 38.8 Å². The van der Waals surface area contributed by atoms with E-state index in [1.807, 2.05) is 12.1 Å². The van der Waals surface area contributed by atoms with Crippen molar-refractivity contribution >= 4 is 29.1 Å². The van der Waals surface area contributed by atoms with Crippen molar-refractivity contribution in [3.63, 3.8) is 0 Å². The van der Waals surface area contributed by atoms with Crippen LogP contribution in [-0.4, -0.2) is 75.3 Å². The van der Waals surface area contributed by atoms with Crippen molar-refractivity contribution in [2.75, 3.05) is 42.1 Å². The molecular weight excluding hydrogens is 644 g/mol. The minimum Gasteiger partial charge on any atom is -0.507 e. The largest absolute Gasteiger partial charge is 0.507 e. The van der Waals surface area contributed by atoms with Crippen LogP contribution in [0, 0.1) is 5.92 Å². The van der Waals surface area contributed by atoms with Crippen LogP contribution in [0.2, 0.25) is 5.02 Å². The van der Waals surface area contributed by atoms with Gasteiger partial charge >= 0.3 is 0 Å². The molecule has 2 aliphatic rings. The number of aliphatic hydroxyl groups is 1. The summed E-state index contributed by atoms with van der Waals surface area (Å²) in [6, 6.07) is 10.2.